The van der Waals surface area contributed by atoms with Crippen LogP contribution in [0, 0.1) is 13.8 Å². The first kappa shape index (κ1) is 10.3. The minimum atomic E-state index is 0.250. The Balaban J connectivity index is 0.000000293. The molecule has 0 atom stereocenters. The van der Waals surface area contributed by atoms with Gasteiger partial charge in [0.1, 0.15) is 11.3 Å². The average molecular weight is 191 g/mol. The van der Waals surface area contributed by atoms with Crippen molar-refractivity contribution < 1.29 is 9.21 Å². The van der Waals surface area contributed by atoms with E-state index >= 15 is 0 Å². The molecular weight excluding hydrogens is 178 g/mol. The Kier molecular flexibility index (Phi) is 3.29. The van der Waals surface area contributed by atoms with Crippen LogP contribution in [-0.2, 0) is 4.79 Å². The number of para-hydroxylation sites is 1. The Bertz CT molecular complexity index is 432. The van der Waals surface area contributed by atoms with E-state index in [1.807, 2.05) is 25.1 Å². The number of carbonyl (C=O) groups excluding carboxylic acids is 1. The number of benzene rings is 1. The molecule has 3 heteroatoms. The van der Waals surface area contributed by atoms with Crippen molar-refractivity contribution in [1.82, 2.24) is 0 Å². The smallest absolute Gasteiger partial charge is 0.204 e. The summed E-state index contributed by atoms with van der Waals surface area (Å²) in [4.78, 5) is 8.58. The molecule has 0 bridgehead atoms. The molecule has 0 saturated carbocycles. The van der Waals surface area contributed by atoms with Gasteiger partial charge in [0.05, 0.1) is 0 Å². The number of rotatable bonds is 0. The van der Waals surface area contributed by atoms with E-state index in [4.69, 9.17) is 9.21 Å². The summed E-state index contributed by atoms with van der Waals surface area (Å²) in [6.07, 6.45) is 0.250. The van der Waals surface area contributed by atoms with E-state index in [1.165, 1.54) is 10.9 Å². The van der Waals surface area contributed by atoms with Crippen molar-refractivity contribution in [2.24, 2.45) is 5.73 Å². The highest BCUT2D eigenvalue weighted by molar-refractivity contribution is 5.81. The van der Waals surface area contributed by atoms with E-state index < -0.39 is 0 Å². The third kappa shape index (κ3) is 1.93. The third-order valence-electron chi connectivity index (χ3n) is 2.08. The average Bonchev–Trinajstić information content (AvgIpc) is 2.45. The normalized spacial score (nSPS) is 9.29. The number of fused-ring (bicyclic) bond motifs is 1. The van der Waals surface area contributed by atoms with Crippen LogP contribution in [0.15, 0.2) is 28.7 Å². The van der Waals surface area contributed by atoms with Gasteiger partial charge in [-0.15, -0.1) is 0 Å². The van der Waals surface area contributed by atoms with Gasteiger partial charge in [-0.25, -0.2) is 0 Å². The van der Waals surface area contributed by atoms with Gasteiger partial charge in [0.2, 0.25) is 6.41 Å². The minimum Gasteiger partial charge on any atom is -0.461 e. The summed E-state index contributed by atoms with van der Waals surface area (Å²) in [5.74, 6) is 1.02. The number of carbonyl (C=O) groups is 1. The molecule has 0 aliphatic heterocycles. The topological polar surface area (TPSA) is 56.2 Å². The van der Waals surface area contributed by atoms with Crippen molar-refractivity contribution >= 4 is 17.4 Å². The summed E-state index contributed by atoms with van der Waals surface area (Å²) >= 11 is 0. The summed E-state index contributed by atoms with van der Waals surface area (Å²) < 4.78 is 5.50. The van der Waals surface area contributed by atoms with E-state index in [0.29, 0.717) is 0 Å². The molecule has 0 fully saturated rings. The lowest BCUT2D eigenvalue weighted by Gasteiger charge is -1.85. The number of amides is 1. The van der Waals surface area contributed by atoms with Gasteiger partial charge in [0.15, 0.2) is 0 Å². The highest BCUT2D eigenvalue weighted by Crippen LogP contribution is 2.23. The van der Waals surface area contributed by atoms with Crippen LogP contribution in [0.25, 0.3) is 11.0 Å². The molecule has 1 amide bonds. The highest BCUT2D eigenvalue weighted by Gasteiger charge is 2.03. The SMILES string of the molecule is Cc1oc2ccccc2c1C.NC=O. The molecule has 0 spiro atoms. The predicted octanol–water partition coefficient (Wildman–Crippen LogP) is 2.15. The van der Waals surface area contributed by atoms with Crippen LogP contribution in [0.5, 0.6) is 0 Å². The Morgan fingerprint density at radius 3 is 2.43 bits per heavy atom. The van der Waals surface area contributed by atoms with Crippen molar-refractivity contribution in [3.63, 3.8) is 0 Å². The standard InChI is InChI=1S/C10H10O.CH3NO/c1-7-8(2)11-10-6-4-3-5-9(7)10;2-1-3/h3-6H,1-2H3;1H,(H2,2,3). The molecular formula is C11H13NO2. The third-order valence-corrected chi connectivity index (χ3v) is 2.08. The van der Waals surface area contributed by atoms with Crippen molar-refractivity contribution in [1.29, 1.82) is 0 Å². The van der Waals surface area contributed by atoms with Gasteiger partial charge in [0.25, 0.3) is 0 Å². The number of primary amides is 1. The van der Waals surface area contributed by atoms with E-state index in [1.54, 1.807) is 0 Å². The van der Waals surface area contributed by atoms with Crippen LogP contribution in [0.3, 0.4) is 0 Å². The summed E-state index contributed by atoms with van der Waals surface area (Å²) in [5.41, 5.74) is 6.41. The van der Waals surface area contributed by atoms with Gasteiger partial charge in [-0.05, 0) is 25.5 Å². The first-order valence-electron chi connectivity index (χ1n) is 4.30. The maximum absolute atomic E-state index is 8.58. The maximum Gasteiger partial charge on any atom is 0.204 e. The fourth-order valence-electron chi connectivity index (χ4n) is 1.30. The molecule has 0 aliphatic rings. The highest BCUT2D eigenvalue weighted by atomic mass is 16.3. The van der Waals surface area contributed by atoms with Gasteiger partial charge in [-0.2, -0.15) is 0 Å². The van der Waals surface area contributed by atoms with E-state index in [9.17, 15) is 0 Å². The van der Waals surface area contributed by atoms with E-state index in [0.717, 1.165) is 11.3 Å². The number of hydrogen-bond acceptors (Lipinski definition) is 2. The Labute approximate surface area is 82.5 Å². The fourth-order valence-corrected chi connectivity index (χ4v) is 1.30. The molecule has 0 unspecified atom stereocenters. The number of hydrogen-bond donors (Lipinski definition) is 1. The molecule has 2 rings (SSSR count). The quantitative estimate of drug-likeness (QED) is 0.648. The molecule has 1 aromatic carbocycles. The van der Waals surface area contributed by atoms with Gasteiger partial charge in [-0.1, -0.05) is 18.2 Å². The zero-order chi connectivity index (χ0) is 10.6. The predicted molar refractivity (Wildman–Crippen MR) is 55.9 cm³/mol. The van der Waals surface area contributed by atoms with E-state index in [-0.39, 0.29) is 6.41 Å². The van der Waals surface area contributed by atoms with Crippen LogP contribution in [0.1, 0.15) is 11.3 Å². The monoisotopic (exact) mass is 191 g/mol. The second-order valence-corrected chi connectivity index (χ2v) is 2.92. The Morgan fingerprint density at radius 2 is 1.86 bits per heavy atom. The Hall–Kier alpha value is -1.77. The van der Waals surface area contributed by atoms with Crippen molar-refractivity contribution in [3.8, 4) is 0 Å². The second kappa shape index (κ2) is 4.46. The van der Waals surface area contributed by atoms with Gasteiger partial charge < -0.3 is 10.2 Å². The Morgan fingerprint density at radius 1 is 1.29 bits per heavy atom. The van der Waals surface area contributed by atoms with Crippen molar-refractivity contribution in [2.45, 2.75) is 13.8 Å². The van der Waals surface area contributed by atoms with Gasteiger partial charge >= 0.3 is 0 Å². The van der Waals surface area contributed by atoms with Gasteiger partial charge in [0, 0.05) is 5.39 Å². The summed E-state index contributed by atoms with van der Waals surface area (Å²) in [7, 11) is 0. The summed E-state index contributed by atoms with van der Waals surface area (Å²) in [6.45, 7) is 4.08. The van der Waals surface area contributed by atoms with Crippen molar-refractivity contribution in [2.75, 3.05) is 0 Å². The second-order valence-electron chi connectivity index (χ2n) is 2.92. The first-order valence-corrected chi connectivity index (χ1v) is 4.30. The molecule has 1 heterocycles. The molecule has 0 saturated heterocycles. The number of nitrogens with two attached hydrogens (primary N) is 1. The van der Waals surface area contributed by atoms with Crippen LogP contribution in [0.4, 0.5) is 0 Å². The number of aryl methyl sites for hydroxylation is 2. The minimum absolute atomic E-state index is 0.250. The lowest BCUT2D eigenvalue weighted by atomic mass is 10.2. The molecule has 2 aromatic rings. The lowest BCUT2D eigenvalue weighted by molar-refractivity contribution is -0.106. The first-order chi connectivity index (χ1) is 6.70. The molecule has 3 nitrogen and oxygen atoms in total. The molecule has 0 aliphatic carbocycles. The van der Waals surface area contributed by atoms with Crippen LogP contribution in [0.2, 0.25) is 0 Å². The van der Waals surface area contributed by atoms with Crippen LogP contribution in [-0.4, -0.2) is 6.41 Å². The lowest BCUT2D eigenvalue weighted by Crippen LogP contribution is -1.82. The zero-order valence-corrected chi connectivity index (χ0v) is 8.28. The van der Waals surface area contributed by atoms with Crippen molar-refractivity contribution in [3.05, 3.63) is 35.6 Å². The largest absolute Gasteiger partial charge is 0.461 e. The fraction of sp³-hybridized carbons (Fsp3) is 0.182. The van der Waals surface area contributed by atoms with Gasteiger partial charge in [-0.3, -0.25) is 4.79 Å². The van der Waals surface area contributed by atoms with Crippen LogP contribution < -0.4 is 5.73 Å². The molecule has 14 heavy (non-hydrogen) atoms. The van der Waals surface area contributed by atoms with E-state index in [2.05, 4.69) is 18.7 Å². The number of furan rings is 1. The van der Waals surface area contributed by atoms with Crippen LogP contribution >= 0.6 is 0 Å². The maximum atomic E-state index is 8.58. The molecule has 74 valence electrons. The molecule has 0 radical (unpaired) electrons. The summed E-state index contributed by atoms with van der Waals surface area (Å²) in [6, 6.07) is 8.10. The molecule has 1 aromatic heterocycles. The molecule has 2 N–H and O–H groups in total. The summed E-state index contributed by atoms with van der Waals surface area (Å²) in [5, 5.41) is 1.23. The zero-order valence-electron chi connectivity index (χ0n) is 8.28.